The molecule has 0 saturated carbocycles. The predicted molar refractivity (Wildman–Crippen MR) is 76.0 cm³/mol. The number of aliphatic imine (C=N–C) groups is 1. The summed E-state index contributed by atoms with van der Waals surface area (Å²) in [5.74, 6) is 1.27. The molecular formula is C15H16N2O3. The molecule has 0 aromatic heterocycles. The maximum absolute atomic E-state index is 12.1. The van der Waals surface area contributed by atoms with Crippen LogP contribution in [0, 0.1) is 0 Å². The Morgan fingerprint density at radius 1 is 1.35 bits per heavy atom. The molecule has 1 aromatic carbocycles. The Hall–Kier alpha value is -2.30. The second-order valence-corrected chi connectivity index (χ2v) is 4.86. The van der Waals surface area contributed by atoms with Gasteiger partial charge in [-0.25, -0.2) is 0 Å². The van der Waals surface area contributed by atoms with E-state index in [1.807, 2.05) is 4.90 Å². The van der Waals surface area contributed by atoms with E-state index >= 15 is 0 Å². The summed E-state index contributed by atoms with van der Waals surface area (Å²) in [5.41, 5.74) is 0.944. The van der Waals surface area contributed by atoms with Crippen LogP contribution in [0.15, 0.2) is 34.8 Å². The van der Waals surface area contributed by atoms with Crippen molar-refractivity contribution >= 4 is 17.4 Å². The molecule has 2 aliphatic rings. The number of aliphatic hydroxyl groups excluding tert-OH is 1. The third-order valence-electron chi connectivity index (χ3n) is 3.58. The zero-order valence-corrected chi connectivity index (χ0v) is 11.3. The van der Waals surface area contributed by atoms with E-state index in [-0.39, 0.29) is 11.5 Å². The van der Waals surface area contributed by atoms with Crippen molar-refractivity contribution in [2.45, 2.75) is 6.42 Å². The van der Waals surface area contributed by atoms with E-state index in [1.165, 1.54) is 0 Å². The standard InChI is InChI=1S/C15H16N2O3/c1-20-11-5-3-10(4-6-11)14(19)13-12(18)9-17-8-2-7-16-15(13)17/h3-6,19H,2,7-9H2,1H3/b14-13-. The van der Waals surface area contributed by atoms with Crippen LogP contribution >= 0.6 is 0 Å². The van der Waals surface area contributed by atoms with Crippen molar-refractivity contribution in [2.24, 2.45) is 4.99 Å². The van der Waals surface area contributed by atoms with Crippen molar-refractivity contribution in [1.82, 2.24) is 4.90 Å². The Labute approximate surface area is 117 Å². The molecule has 1 aromatic rings. The maximum Gasteiger partial charge on any atom is 0.189 e. The molecule has 0 atom stereocenters. The minimum Gasteiger partial charge on any atom is -0.506 e. The lowest BCUT2D eigenvalue weighted by atomic mass is 10.1. The van der Waals surface area contributed by atoms with Gasteiger partial charge in [-0.2, -0.15) is 0 Å². The van der Waals surface area contributed by atoms with Crippen LogP contribution in [0.25, 0.3) is 5.76 Å². The zero-order valence-electron chi connectivity index (χ0n) is 11.3. The first-order valence-electron chi connectivity index (χ1n) is 6.61. The van der Waals surface area contributed by atoms with Gasteiger partial charge in [-0.3, -0.25) is 9.79 Å². The molecule has 1 fully saturated rings. The second kappa shape index (κ2) is 5.00. The fourth-order valence-corrected chi connectivity index (χ4v) is 2.55. The van der Waals surface area contributed by atoms with E-state index in [2.05, 4.69) is 4.99 Å². The van der Waals surface area contributed by atoms with Crippen LogP contribution in [0.5, 0.6) is 5.75 Å². The number of hydrogen-bond acceptors (Lipinski definition) is 5. The molecule has 1 saturated heterocycles. The van der Waals surface area contributed by atoms with Crippen LogP contribution < -0.4 is 4.74 Å². The third-order valence-corrected chi connectivity index (χ3v) is 3.58. The number of ether oxygens (including phenoxy) is 1. The van der Waals surface area contributed by atoms with E-state index in [1.54, 1.807) is 31.4 Å². The van der Waals surface area contributed by atoms with Crippen molar-refractivity contribution in [3.05, 3.63) is 35.4 Å². The average molecular weight is 272 g/mol. The maximum atomic E-state index is 12.1. The van der Waals surface area contributed by atoms with Gasteiger partial charge in [-0.1, -0.05) is 0 Å². The van der Waals surface area contributed by atoms with Crippen molar-refractivity contribution < 1.29 is 14.6 Å². The van der Waals surface area contributed by atoms with Gasteiger partial charge in [0, 0.05) is 18.7 Å². The number of hydrogen-bond donors (Lipinski definition) is 1. The van der Waals surface area contributed by atoms with E-state index in [0.29, 0.717) is 35.8 Å². The summed E-state index contributed by atoms with van der Waals surface area (Å²) >= 11 is 0. The number of methoxy groups -OCH3 is 1. The first-order chi connectivity index (χ1) is 9.70. The van der Waals surface area contributed by atoms with Crippen LogP contribution in [0.4, 0.5) is 0 Å². The van der Waals surface area contributed by atoms with Crippen molar-refractivity contribution in [2.75, 3.05) is 26.7 Å². The van der Waals surface area contributed by atoms with Crippen molar-refractivity contribution in [3.8, 4) is 5.75 Å². The first kappa shape index (κ1) is 12.7. The molecule has 0 unspecified atom stereocenters. The highest BCUT2D eigenvalue weighted by atomic mass is 16.5. The first-order valence-corrected chi connectivity index (χ1v) is 6.61. The van der Waals surface area contributed by atoms with Crippen LogP contribution in [-0.2, 0) is 4.79 Å². The molecule has 0 bridgehead atoms. The van der Waals surface area contributed by atoms with E-state index in [9.17, 15) is 9.90 Å². The number of rotatable bonds is 2. The number of aliphatic hydroxyl groups is 1. The molecule has 0 spiro atoms. The Morgan fingerprint density at radius 2 is 2.10 bits per heavy atom. The fraction of sp³-hybridized carbons (Fsp3) is 0.333. The molecule has 2 heterocycles. The molecule has 5 nitrogen and oxygen atoms in total. The second-order valence-electron chi connectivity index (χ2n) is 4.86. The SMILES string of the molecule is COc1ccc(/C(O)=C2\C(=O)CN3CCCN=C23)cc1. The Kier molecular flexibility index (Phi) is 3.18. The third kappa shape index (κ3) is 2.05. The van der Waals surface area contributed by atoms with Gasteiger partial charge < -0.3 is 14.7 Å². The molecule has 5 heteroatoms. The molecule has 1 N–H and O–H groups in total. The number of carbonyl (C=O) groups excluding carboxylic acids is 1. The molecule has 2 aliphatic heterocycles. The van der Waals surface area contributed by atoms with Crippen LogP contribution in [0.3, 0.4) is 0 Å². The van der Waals surface area contributed by atoms with E-state index in [0.717, 1.165) is 13.0 Å². The molecule has 3 rings (SSSR count). The van der Waals surface area contributed by atoms with Crippen LogP contribution in [0.1, 0.15) is 12.0 Å². The summed E-state index contributed by atoms with van der Waals surface area (Å²) in [4.78, 5) is 18.4. The molecule has 20 heavy (non-hydrogen) atoms. The van der Waals surface area contributed by atoms with Gasteiger partial charge in [-0.15, -0.1) is 0 Å². The van der Waals surface area contributed by atoms with Crippen LogP contribution in [-0.4, -0.2) is 48.4 Å². The highest BCUT2D eigenvalue weighted by molar-refractivity contribution is 6.30. The molecule has 0 radical (unpaired) electrons. The van der Waals surface area contributed by atoms with Gasteiger partial charge in [0.25, 0.3) is 0 Å². The number of carbonyl (C=O) groups is 1. The van der Waals surface area contributed by atoms with Gasteiger partial charge in [0.05, 0.1) is 13.7 Å². The topological polar surface area (TPSA) is 62.1 Å². The number of amidine groups is 1. The quantitative estimate of drug-likeness (QED) is 0.657. The minimum absolute atomic E-state index is 0.000744. The molecule has 104 valence electrons. The lowest BCUT2D eigenvalue weighted by Gasteiger charge is -2.21. The van der Waals surface area contributed by atoms with Gasteiger partial charge >= 0.3 is 0 Å². The largest absolute Gasteiger partial charge is 0.506 e. The van der Waals surface area contributed by atoms with Crippen LogP contribution in [0.2, 0.25) is 0 Å². The normalized spacial score (nSPS) is 20.6. The number of ketones is 1. The predicted octanol–water partition coefficient (Wildman–Crippen LogP) is 1.65. The number of benzene rings is 1. The Morgan fingerprint density at radius 3 is 2.80 bits per heavy atom. The monoisotopic (exact) mass is 272 g/mol. The van der Waals surface area contributed by atoms with Gasteiger partial charge in [0.1, 0.15) is 22.9 Å². The zero-order chi connectivity index (χ0) is 14.1. The fourth-order valence-electron chi connectivity index (χ4n) is 2.55. The minimum atomic E-state index is -0.0704. The summed E-state index contributed by atoms with van der Waals surface area (Å²) in [6, 6.07) is 6.99. The summed E-state index contributed by atoms with van der Waals surface area (Å²) in [6.07, 6.45) is 0.952. The van der Waals surface area contributed by atoms with Gasteiger partial charge in [0.15, 0.2) is 5.78 Å². The Bertz CT molecular complexity index is 602. The lowest BCUT2D eigenvalue weighted by molar-refractivity contribution is -0.114. The average Bonchev–Trinajstić information content (AvgIpc) is 2.82. The summed E-state index contributed by atoms with van der Waals surface area (Å²) < 4.78 is 5.08. The summed E-state index contributed by atoms with van der Waals surface area (Å²) in [7, 11) is 1.59. The van der Waals surface area contributed by atoms with Gasteiger partial charge in [-0.05, 0) is 30.7 Å². The molecular weight excluding hydrogens is 256 g/mol. The summed E-state index contributed by atoms with van der Waals surface area (Å²) in [5, 5.41) is 10.4. The highest BCUT2D eigenvalue weighted by Gasteiger charge is 2.35. The van der Waals surface area contributed by atoms with E-state index in [4.69, 9.17) is 4.74 Å². The number of nitrogens with zero attached hydrogens (tertiary/aromatic N) is 2. The summed E-state index contributed by atoms with van der Waals surface area (Å²) in [6.45, 7) is 1.84. The van der Waals surface area contributed by atoms with Crippen molar-refractivity contribution in [1.29, 1.82) is 0 Å². The number of fused-ring (bicyclic) bond motifs is 1. The molecule has 0 aliphatic carbocycles. The Balaban J connectivity index is 2.02. The van der Waals surface area contributed by atoms with E-state index < -0.39 is 0 Å². The van der Waals surface area contributed by atoms with Crippen molar-refractivity contribution in [3.63, 3.8) is 0 Å². The smallest absolute Gasteiger partial charge is 0.189 e. The molecule has 0 amide bonds. The number of Topliss-reactive ketones (excluding diaryl/α,β-unsaturated/α-hetero) is 1. The van der Waals surface area contributed by atoms with Gasteiger partial charge in [0.2, 0.25) is 0 Å². The lowest BCUT2D eigenvalue weighted by Crippen LogP contribution is -2.31. The highest BCUT2D eigenvalue weighted by Crippen LogP contribution is 2.27.